The highest BCUT2D eigenvalue weighted by atomic mass is 127. The molecule has 0 bridgehead atoms. The zero-order chi connectivity index (χ0) is 31.7. The molecule has 44 heavy (non-hydrogen) atoms. The summed E-state index contributed by atoms with van der Waals surface area (Å²) in [6.07, 6.45) is 1.00. The summed E-state index contributed by atoms with van der Waals surface area (Å²) in [4.78, 5) is 30.0. The van der Waals surface area contributed by atoms with Gasteiger partial charge in [-0.2, -0.15) is 0 Å². The fourth-order valence-corrected chi connectivity index (χ4v) is 6.62. The van der Waals surface area contributed by atoms with Crippen LogP contribution in [0, 0.1) is 10.5 Å². The quantitative estimate of drug-likeness (QED) is 0.163. The molecular formula is C35H38IN3O4S. The number of carbonyl (C=O) groups excluding carboxylic acids is 2. The number of amides is 2. The molecule has 4 aromatic carbocycles. The zero-order valence-electron chi connectivity index (χ0n) is 25.2. The molecule has 7 nitrogen and oxygen atoms in total. The van der Waals surface area contributed by atoms with E-state index in [9.17, 15) is 18.0 Å². The van der Waals surface area contributed by atoms with Gasteiger partial charge in [-0.3, -0.25) is 13.9 Å². The summed E-state index contributed by atoms with van der Waals surface area (Å²) in [5, 5.41) is 3.07. The Morgan fingerprint density at radius 3 is 2.05 bits per heavy atom. The van der Waals surface area contributed by atoms with Crippen molar-refractivity contribution >= 4 is 50.1 Å². The third kappa shape index (κ3) is 8.47. The maximum Gasteiger partial charge on any atom is 0.264 e. The van der Waals surface area contributed by atoms with Crippen molar-refractivity contribution in [1.29, 1.82) is 0 Å². The molecule has 0 saturated heterocycles. The SMILES string of the molecule is CCC(C)NC(=O)C(Cc1ccccc1)N(Cc1ccccc1C)C(=O)CN(c1ccc(I)cc1)S(=O)(=O)c1ccccc1. The van der Waals surface area contributed by atoms with Crippen LogP contribution >= 0.6 is 22.6 Å². The number of hydrogen-bond donors (Lipinski definition) is 1. The Labute approximate surface area is 274 Å². The third-order valence-corrected chi connectivity index (χ3v) is 10.1. The smallest absolute Gasteiger partial charge is 0.264 e. The van der Waals surface area contributed by atoms with Gasteiger partial charge in [-0.05, 0) is 95.9 Å². The lowest BCUT2D eigenvalue weighted by molar-refractivity contribution is -0.140. The second-order valence-electron chi connectivity index (χ2n) is 10.8. The Kier molecular flexibility index (Phi) is 11.6. The highest BCUT2D eigenvalue weighted by Crippen LogP contribution is 2.26. The van der Waals surface area contributed by atoms with E-state index >= 15 is 0 Å². The number of carbonyl (C=O) groups is 2. The molecule has 1 N–H and O–H groups in total. The topological polar surface area (TPSA) is 86.8 Å². The summed E-state index contributed by atoms with van der Waals surface area (Å²) in [6, 6.07) is 31.4. The van der Waals surface area contributed by atoms with Crippen LogP contribution in [0.4, 0.5) is 5.69 Å². The van der Waals surface area contributed by atoms with Crippen molar-refractivity contribution in [3.05, 3.63) is 129 Å². The first-order chi connectivity index (χ1) is 21.1. The van der Waals surface area contributed by atoms with Crippen molar-refractivity contribution in [2.75, 3.05) is 10.8 Å². The molecule has 0 aliphatic carbocycles. The highest BCUT2D eigenvalue weighted by Gasteiger charge is 2.35. The van der Waals surface area contributed by atoms with Gasteiger partial charge in [0.25, 0.3) is 10.0 Å². The van der Waals surface area contributed by atoms with Crippen LogP contribution in [0.3, 0.4) is 0 Å². The number of nitrogens with one attached hydrogen (secondary N) is 1. The molecule has 0 fully saturated rings. The molecule has 2 atom stereocenters. The van der Waals surface area contributed by atoms with E-state index in [0.29, 0.717) is 5.69 Å². The van der Waals surface area contributed by atoms with Crippen molar-refractivity contribution in [2.24, 2.45) is 0 Å². The largest absolute Gasteiger partial charge is 0.352 e. The van der Waals surface area contributed by atoms with Crippen molar-refractivity contribution < 1.29 is 18.0 Å². The normalized spacial score (nSPS) is 12.6. The summed E-state index contributed by atoms with van der Waals surface area (Å²) in [7, 11) is -4.12. The summed E-state index contributed by atoms with van der Waals surface area (Å²) in [6.45, 7) is 5.53. The van der Waals surface area contributed by atoms with Crippen molar-refractivity contribution in [3.63, 3.8) is 0 Å². The number of benzene rings is 4. The molecule has 0 saturated carbocycles. The number of hydrogen-bond acceptors (Lipinski definition) is 4. The monoisotopic (exact) mass is 723 g/mol. The maximum atomic E-state index is 14.5. The summed E-state index contributed by atoms with van der Waals surface area (Å²) in [5.74, 6) is -0.761. The molecule has 0 aliphatic rings. The minimum Gasteiger partial charge on any atom is -0.352 e. The number of aryl methyl sites for hydroxylation is 1. The fraction of sp³-hybridized carbons (Fsp3) is 0.257. The van der Waals surface area contributed by atoms with Crippen LogP contribution in [0.5, 0.6) is 0 Å². The first kappa shape index (κ1) is 33.2. The van der Waals surface area contributed by atoms with Gasteiger partial charge in [-0.15, -0.1) is 0 Å². The molecule has 4 aromatic rings. The molecular weight excluding hydrogens is 685 g/mol. The second kappa shape index (κ2) is 15.3. The van der Waals surface area contributed by atoms with Gasteiger partial charge in [0.2, 0.25) is 11.8 Å². The molecule has 0 aromatic heterocycles. The molecule has 9 heteroatoms. The number of nitrogens with zero attached hydrogens (tertiary/aromatic N) is 2. The van der Waals surface area contributed by atoms with Gasteiger partial charge in [-0.1, -0.05) is 79.7 Å². The van der Waals surface area contributed by atoms with Crippen LogP contribution in [0.1, 0.15) is 37.0 Å². The number of anilines is 1. The summed E-state index contributed by atoms with van der Waals surface area (Å²) in [5.41, 5.74) is 3.10. The van der Waals surface area contributed by atoms with Gasteiger partial charge < -0.3 is 10.2 Å². The van der Waals surface area contributed by atoms with Crippen LogP contribution in [0.15, 0.2) is 114 Å². The van der Waals surface area contributed by atoms with E-state index in [4.69, 9.17) is 0 Å². The third-order valence-electron chi connectivity index (χ3n) is 7.60. The minimum atomic E-state index is -4.12. The van der Waals surface area contributed by atoms with Crippen molar-refractivity contribution in [3.8, 4) is 0 Å². The van der Waals surface area contributed by atoms with Crippen LogP contribution in [-0.4, -0.2) is 43.8 Å². The van der Waals surface area contributed by atoms with E-state index in [1.807, 2.05) is 75.4 Å². The predicted octanol–water partition coefficient (Wildman–Crippen LogP) is 6.35. The lowest BCUT2D eigenvalue weighted by Crippen LogP contribution is -2.54. The van der Waals surface area contributed by atoms with Crippen LogP contribution in [0.25, 0.3) is 0 Å². The molecule has 0 spiro atoms. The minimum absolute atomic E-state index is 0.0761. The fourth-order valence-electron chi connectivity index (χ4n) is 4.82. The number of rotatable bonds is 13. The average molecular weight is 724 g/mol. The van der Waals surface area contributed by atoms with Gasteiger partial charge in [0.05, 0.1) is 10.6 Å². The van der Waals surface area contributed by atoms with Crippen LogP contribution in [-0.2, 0) is 32.6 Å². The van der Waals surface area contributed by atoms with Crippen LogP contribution < -0.4 is 9.62 Å². The molecule has 230 valence electrons. The van der Waals surface area contributed by atoms with E-state index in [2.05, 4.69) is 27.9 Å². The van der Waals surface area contributed by atoms with Gasteiger partial charge in [0.1, 0.15) is 12.6 Å². The van der Waals surface area contributed by atoms with Crippen molar-refractivity contribution in [1.82, 2.24) is 10.2 Å². The standard InChI is InChI=1S/C35H38IN3O4S/c1-4-27(3)37-35(41)33(23-28-14-7-5-8-15-28)38(24-29-16-12-11-13-26(29)2)34(40)25-39(31-21-19-30(36)20-22-31)44(42,43)32-17-9-6-10-18-32/h5-22,27,33H,4,23-25H2,1-3H3,(H,37,41). The molecule has 2 unspecified atom stereocenters. The van der Waals surface area contributed by atoms with Gasteiger partial charge >= 0.3 is 0 Å². The Morgan fingerprint density at radius 1 is 0.841 bits per heavy atom. The van der Waals surface area contributed by atoms with Gasteiger partial charge in [-0.25, -0.2) is 8.42 Å². The second-order valence-corrected chi connectivity index (χ2v) is 13.9. The average Bonchev–Trinajstić information content (AvgIpc) is 3.03. The summed E-state index contributed by atoms with van der Waals surface area (Å²) >= 11 is 2.16. The molecule has 4 rings (SSSR count). The highest BCUT2D eigenvalue weighted by molar-refractivity contribution is 14.1. The maximum absolute atomic E-state index is 14.5. The van der Waals surface area contributed by atoms with Crippen molar-refractivity contribution in [2.45, 2.75) is 57.1 Å². The van der Waals surface area contributed by atoms with E-state index < -0.39 is 28.5 Å². The van der Waals surface area contributed by atoms with E-state index in [1.165, 1.54) is 17.0 Å². The Morgan fingerprint density at radius 2 is 1.43 bits per heavy atom. The van der Waals surface area contributed by atoms with Crippen LogP contribution in [0.2, 0.25) is 0 Å². The number of sulfonamides is 1. The van der Waals surface area contributed by atoms with Gasteiger partial charge in [0.15, 0.2) is 0 Å². The Balaban J connectivity index is 1.80. The van der Waals surface area contributed by atoms with E-state index in [0.717, 1.165) is 31.0 Å². The first-order valence-corrected chi connectivity index (χ1v) is 17.1. The number of halogens is 1. The van der Waals surface area contributed by atoms with E-state index in [-0.39, 0.29) is 29.8 Å². The predicted molar refractivity (Wildman–Crippen MR) is 184 cm³/mol. The Bertz CT molecular complexity index is 1650. The lowest BCUT2D eigenvalue weighted by atomic mass is 10.0. The molecule has 0 radical (unpaired) electrons. The molecule has 0 aliphatic heterocycles. The Hall–Kier alpha value is -3.70. The zero-order valence-corrected chi connectivity index (χ0v) is 28.2. The lowest BCUT2D eigenvalue weighted by Gasteiger charge is -2.34. The van der Waals surface area contributed by atoms with Gasteiger partial charge in [0, 0.05) is 22.6 Å². The first-order valence-electron chi connectivity index (χ1n) is 14.6. The summed E-state index contributed by atoms with van der Waals surface area (Å²) < 4.78 is 30.2. The molecule has 0 heterocycles. The molecule has 2 amide bonds. The van der Waals surface area contributed by atoms with E-state index in [1.54, 1.807) is 42.5 Å².